The summed E-state index contributed by atoms with van der Waals surface area (Å²) in [4.78, 5) is 25.7. The first-order valence-corrected chi connectivity index (χ1v) is 12.9. The Bertz CT molecular complexity index is 1190. The predicted octanol–water partition coefficient (Wildman–Crippen LogP) is 5.08. The van der Waals surface area contributed by atoms with Gasteiger partial charge < -0.3 is 10.8 Å². The second-order valence-corrected chi connectivity index (χ2v) is 10.9. The van der Waals surface area contributed by atoms with E-state index in [-0.39, 0.29) is 35.9 Å². The lowest BCUT2D eigenvalue weighted by molar-refractivity contribution is -0.132. The maximum atomic E-state index is 15.6. The summed E-state index contributed by atoms with van der Waals surface area (Å²) < 4.78 is 15.6. The summed E-state index contributed by atoms with van der Waals surface area (Å²) >= 11 is 0. The molecule has 0 heterocycles. The topological polar surface area (TPSA) is 80.4 Å². The minimum atomic E-state index is -1.17. The molecule has 1 unspecified atom stereocenters. The fourth-order valence-corrected chi connectivity index (χ4v) is 7.91. The molecule has 2 fully saturated rings. The minimum Gasteiger partial charge on any atom is -0.399 e. The van der Waals surface area contributed by atoms with E-state index in [9.17, 15) is 14.7 Å². The lowest BCUT2D eigenvalue weighted by atomic mass is 9.48. The zero-order valence-corrected chi connectivity index (χ0v) is 20.6. The monoisotopic (exact) mass is 475 g/mol. The van der Waals surface area contributed by atoms with Gasteiger partial charge in [0, 0.05) is 24.4 Å². The van der Waals surface area contributed by atoms with Gasteiger partial charge in [0.05, 0.1) is 5.41 Å². The highest BCUT2D eigenvalue weighted by molar-refractivity contribution is 5.93. The molecule has 0 amide bonds. The molecule has 1 aromatic carbocycles. The number of carbonyl (C=O) groups is 2. The Hall–Kier alpha value is -2.71. The summed E-state index contributed by atoms with van der Waals surface area (Å²) in [7, 11) is 0. The number of allylic oxidation sites excluding steroid dienone is 4. The van der Waals surface area contributed by atoms with Crippen LogP contribution in [0.2, 0.25) is 0 Å². The van der Waals surface area contributed by atoms with Crippen molar-refractivity contribution in [2.24, 2.45) is 22.7 Å². The second kappa shape index (κ2) is 8.75. The lowest BCUT2D eigenvalue weighted by Crippen LogP contribution is -2.51. The molecule has 5 heteroatoms. The first-order chi connectivity index (χ1) is 16.8. The van der Waals surface area contributed by atoms with E-state index in [4.69, 9.17) is 5.73 Å². The third-order valence-corrected chi connectivity index (χ3v) is 9.46. The highest BCUT2D eigenvalue weighted by atomic mass is 19.1. The number of anilines is 1. The third kappa shape index (κ3) is 3.52. The van der Waals surface area contributed by atoms with Crippen LogP contribution in [0.25, 0.3) is 0 Å². The average Bonchev–Trinajstić information content (AvgIpc) is 3.15. The number of hydrogen-bond donors (Lipinski definition) is 2. The molecule has 4 aliphatic rings. The summed E-state index contributed by atoms with van der Waals surface area (Å²) in [6, 6.07) is 7.89. The Labute approximate surface area is 206 Å². The van der Waals surface area contributed by atoms with Gasteiger partial charge in [0.1, 0.15) is 12.8 Å². The van der Waals surface area contributed by atoms with Gasteiger partial charge in [0.2, 0.25) is 0 Å². The average molecular weight is 476 g/mol. The third-order valence-electron chi connectivity index (χ3n) is 9.46. The number of nitrogen functional groups attached to an aromatic ring is 1. The molecule has 4 nitrogen and oxygen atoms in total. The van der Waals surface area contributed by atoms with Crippen LogP contribution in [0.4, 0.5) is 10.1 Å². The highest BCUT2D eigenvalue weighted by Gasteiger charge is 2.65. The Morgan fingerprint density at radius 1 is 1.26 bits per heavy atom. The van der Waals surface area contributed by atoms with Crippen molar-refractivity contribution in [2.45, 2.75) is 70.9 Å². The summed E-state index contributed by atoms with van der Waals surface area (Å²) in [6.45, 7) is 3.77. The largest absolute Gasteiger partial charge is 0.399 e. The van der Waals surface area contributed by atoms with E-state index < -0.39 is 17.0 Å². The molecule has 0 aromatic heterocycles. The highest BCUT2D eigenvalue weighted by Crippen LogP contribution is 2.70. The van der Waals surface area contributed by atoms with Crippen LogP contribution >= 0.6 is 0 Å². The van der Waals surface area contributed by atoms with Crippen molar-refractivity contribution in [3.8, 4) is 11.8 Å². The van der Waals surface area contributed by atoms with Crippen LogP contribution in [0, 0.1) is 34.5 Å². The predicted molar refractivity (Wildman–Crippen MR) is 134 cm³/mol. The molecule has 4 aliphatic carbocycles. The molecule has 0 aliphatic heterocycles. The van der Waals surface area contributed by atoms with Gasteiger partial charge in [0.15, 0.2) is 11.6 Å². The number of aliphatic hydroxyl groups excluding tert-OH is 1. The number of ketones is 2. The maximum absolute atomic E-state index is 15.6. The number of carbonyl (C=O) groups excluding carboxylic acids is 2. The second-order valence-electron chi connectivity index (χ2n) is 10.9. The van der Waals surface area contributed by atoms with Gasteiger partial charge in [-0.1, -0.05) is 43.4 Å². The fourth-order valence-electron chi connectivity index (χ4n) is 7.91. The zero-order valence-electron chi connectivity index (χ0n) is 20.6. The van der Waals surface area contributed by atoms with E-state index in [1.165, 1.54) is 11.6 Å². The van der Waals surface area contributed by atoms with Gasteiger partial charge >= 0.3 is 0 Å². The molecule has 3 N–H and O–H groups in total. The van der Waals surface area contributed by atoms with Gasteiger partial charge in [-0.2, -0.15) is 0 Å². The standard InChI is InChI=1S/C30H34FNO3/c1-3-27(35)30(12-4-14-33)13-11-25-23-16-26(31)22-15-20(34)9-10-21(22)28(23)24(17-29(25,30)2)18-5-7-19(32)8-6-18/h5-8,15,23-26,33H,3,9-11,13-14,16-17,32H2,1-2H3/t23-,24+,25-,26?,29-,30-/m0/s1. The quantitative estimate of drug-likeness (QED) is 0.472. The number of fused-ring (bicyclic) bond motifs is 4. The molecular weight excluding hydrogens is 441 g/mol. The van der Waals surface area contributed by atoms with Crippen LogP contribution in [-0.4, -0.2) is 29.5 Å². The molecule has 2 saturated carbocycles. The summed E-state index contributed by atoms with van der Waals surface area (Å²) in [6.07, 6.45) is 4.25. The van der Waals surface area contributed by atoms with Crippen LogP contribution in [0.1, 0.15) is 70.3 Å². The molecule has 0 spiro atoms. The Kier molecular flexibility index (Phi) is 6.00. The van der Waals surface area contributed by atoms with Gasteiger partial charge in [-0.3, -0.25) is 9.59 Å². The molecule has 0 radical (unpaired) electrons. The van der Waals surface area contributed by atoms with Crippen molar-refractivity contribution in [3.63, 3.8) is 0 Å². The molecule has 35 heavy (non-hydrogen) atoms. The molecular formula is C30H34FNO3. The van der Waals surface area contributed by atoms with Crippen LogP contribution in [0.5, 0.6) is 0 Å². The number of benzene rings is 1. The number of hydrogen-bond acceptors (Lipinski definition) is 4. The van der Waals surface area contributed by atoms with E-state index >= 15 is 4.39 Å². The van der Waals surface area contributed by atoms with Gasteiger partial charge in [-0.25, -0.2) is 4.39 Å². The van der Waals surface area contributed by atoms with Crippen LogP contribution in [0.3, 0.4) is 0 Å². The van der Waals surface area contributed by atoms with E-state index in [2.05, 4.69) is 18.8 Å². The van der Waals surface area contributed by atoms with E-state index in [0.717, 1.165) is 24.0 Å². The molecule has 1 aromatic rings. The smallest absolute Gasteiger partial charge is 0.156 e. The van der Waals surface area contributed by atoms with Crippen molar-refractivity contribution >= 4 is 17.3 Å². The minimum absolute atomic E-state index is 0.000917. The number of halogens is 1. The van der Waals surface area contributed by atoms with E-state index in [0.29, 0.717) is 43.4 Å². The maximum Gasteiger partial charge on any atom is 0.156 e. The number of rotatable bonds is 3. The molecule has 5 rings (SSSR count). The number of alkyl halides is 1. The van der Waals surface area contributed by atoms with E-state index in [1.54, 1.807) is 0 Å². The molecule has 0 bridgehead atoms. The van der Waals surface area contributed by atoms with Crippen molar-refractivity contribution in [2.75, 3.05) is 12.3 Å². The number of nitrogens with two attached hydrogens (primary N) is 1. The zero-order chi connectivity index (χ0) is 25.0. The SMILES string of the molecule is CCC(=O)[C@]1(C#CCO)CC[C@H]2[C@@H]3CC(F)C4=CC(=O)CCC4=C3[C@@H](c3ccc(N)cc3)C[C@@]21C. The summed E-state index contributed by atoms with van der Waals surface area (Å²) in [5.41, 5.74) is 9.36. The van der Waals surface area contributed by atoms with Crippen molar-refractivity contribution in [1.29, 1.82) is 0 Å². The Balaban J connectivity index is 1.73. The van der Waals surface area contributed by atoms with Crippen LogP contribution in [0.15, 0.2) is 47.1 Å². The first kappa shape index (κ1) is 24.0. The van der Waals surface area contributed by atoms with Gasteiger partial charge in [0.25, 0.3) is 0 Å². The van der Waals surface area contributed by atoms with Crippen molar-refractivity contribution in [1.82, 2.24) is 0 Å². The Morgan fingerprint density at radius 3 is 2.69 bits per heavy atom. The van der Waals surface area contributed by atoms with Gasteiger partial charge in [-0.05, 0) is 84.3 Å². The fraction of sp³-hybridized carbons (Fsp3) is 0.533. The lowest BCUT2D eigenvalue weighted by Gasteiger charge is -2.55. The summed E-state index contributed by atoms with van der Waals surface area (Å²) in [5.74, 6) is 6.32. The molecule has 184 valence electrons. The first-order valence-electron chi connectivity index (χ1n) is 12.9. The summed E-state index contributed by atoms with van der Waals surface area (Å²) in [5, 5.41) is 9.52. The van der Waals surface area contributed by atoms with Gasteiger partial charge in [-0.15, -0.1) is 0 Å². The van der Waals surface area contributed by atoms with Crippen LogP contribution < -0.4 is 5.73 Å². The Morgan fingerprint density at radius 2 is 2.00 bits per heavy atom. The normalized spacial score (nSPS) is 35.9. The number of Topliss-reactive ketones (excluding diaryl/α,β-unsaturated/α-hetero) is 1. The molecule has 6 atom stereocenters. The number of aliphatic hydroxyl groups is 1. The van der Waals surface area contributed by atoms with Crippen molar-refractivity contribution in [3.05, 3.63) is 52.6 Å². The van der Waals surface area contributed by atoms with E-state index in [1.807, 2.05) is 31.2 Å². The van der Waals surface area contributed by atoms with Crippen molar-refractivity contribution < 1.29 is 19.1 Å². The van der Waals surface area contributed by atoms with Crippen LogP contribution in [-0.2, 0) is 9.59 Å². The molecule has 0 saturated heterocycles.